The van der Waals surface area contributed by atoms with Gasteiger partial charge in [0.25, 0.3) is 0 Å². The first-order chi connectivity index (χ1) is 9.42. The van der Waals surface area contributed by atoms with Crippen molar-refractivity contribution in [1.82, 2.24) is 15.1 Å². The molecule has 0 bridgehead atoms. The summed E-state index contributed by atoms with van der Waals surface area (Å²) < 4.78 is 0. The molecule has 0 saturated carbocycles. The summed E-state index contributed by atoms with van der Waals surface area (Å²) in [5.41, 5.74) is 0. The Hall–Kier alpha value is -1.63. The number of aliphatic carboxylic acids is 1. The van der Waals surface area contributed by atoms with Crippen molar-refractivity contribution >= 4 is 17.8 Å². The molecule has 2 N–H and O–H groups in total. The molecule has 0 aliphatic carbocycles. The third-order valence-electron chi connectivity index (χ3n) is 3.67. The first-order valence-corrected chi connectivity index (χ1v) is 6.96. The van der Waals surface area contributed by atoms with Crippen LogP contribution in [-0.4, -0.2) is 71.0 Å². The van der Waals surface area contributed by atoms with Gasteiger partial charge in [0, 0.05) is 26.2 Å². The van der Waals surface area contributed by atoms with E-state index in [1.165, 1.54) is 0 Å². The number of carboxylic acid groups (broad SMARTS) is 1. The summed E-state index contributed by atoms with van der Waals surface area (Å²) in [4.78, 5) is 38.5. The Morgan fingerprint density at radius 1 is 1.45 bits per heavy atom. The number of carbonyl (C=O) groups excluding carboxylic acids is 2. The van der Waals surface area contributed by atoms with E-state index in [9.17, 15) is 14.4 Å². The third-order valence-corrected chi connectivity index (χ3v) is 3.67. The maximum Gasteiger partial charge on any atom is 0.305 e. The largest absolute Gasteiger partial charge is 0.481 e. The molecule has 114 valence electrons. The summed E-state index contributed by atoms with van der Waals surface area (Å²) >= 11 is 0. The fourth-order valence-electron chi connectivity index (χ4n) is 2.51. The summed E-state index contributed by atoms with van der Waals surface area (Å²) in [5, 5.41) is 11.6. The number of nitrogens with one attached hydrogen (secondary N) is 1. The second-order valence-corrected chi connectivity index (χ2v) is 4.83. The molecule has 1 fully saturated rings. The summed E-state index contributed by atoms with van der Waals surface area (Å²) in [6.07, 6.45) is -0.290. The van der Waals surface area contributed by atoms with Crippen molar-refractivity contribution in [3.63, 3.8) is 0 Å². The Kier molecular flexibility index (Phi) is 5.94. The molecule has 0 spiro atoms. The van der Waals surface area contributed by atoms with Crippen molar-refractivity contribution in [2.45, 2.75) is 39.3 Å². The van der Waals surface area contributed by atoms with Crippen molar-refractivity contribution in [2.75, 3.05) is 26.2 Å². The lowest BCUT2D eigenvalue weighted by molar-refractivity contribution is -0.147. The summed E-state index contributed by atoms with van der Waals surface area (Å²) in [6, 6.07) is -1.28. The molecule has 0 aromatic carbocycles. The van der Waals surface area contributed by atoms with E-state index in [0.29, 0.717) is 26.2 Å². The maximum absolute atomic E-state index is 12.3. The van der Waals surface area contributed by atoms with E-state index in [0.717, 1.165) is 0 Å². The van der Waals surface area contributed by atoms with Gasteiger partial charge in [-0.1, -0.05) is 0 Å². The second kappa shape index (κ2) is 7.23. The number of rotatable bonds is 6. The van der Waals surface area contributed by atoms with E-state index >= 15 is 0 Å². The van der Waals surface area contributed by atoms with E-state index in [4.69, 9.17) is 5.11 Å². The average Bonchev–Trinajstić information content (AvgIpc) is 2.41. The number of nitrogens with zero attached hydrogens (tertiary/aromatic N) is 2. The van der Waals surface area contributed by atoms with Crippen molar-refractivity contribution in [2.24, 2.45) is 0 Å². The Morgan fingerprint density at radius 3 is 2.55 bits per heavy atom. The Balaban J connectivity index is 2.86. The summed E-state index contributed by atoms with van der Waals surface area (Å²) in [7, 11) is 0. The van der Waals surface area contributed by atoms with Crippen molar-refractivity contribution in [3.8, 4) is 0 Å². The van der Waals surface area contributed by atoms with Gasteiger partial charge in [-0.2, -0.15) is 0 Å². The van der Waals surface area contributed by atoms with Crippen LogP contribution in [0.4, 0.5) is 0 Å². The molecule has 0 aromatic rings. The molecule has 1 rings (SSSR count). The average molecular weight is 285 g/mol. The van der Waals surface area contributed by atoms with Crippen LogP contribution in [-0.2, 0) is 14.4 Å². The smallest absolute Gasteiger partial charge is 0.305 e. The first-order valence-electron chi connectivity index (χ1n) is 6.96. The van der Waals surface area contributed by atoms with Crippen LogP contribution in [0.25, 0.3) is 0 Å². The lowest BCUT2D eigenvalue weighted by Crippen LogP contribution is -2.61. The highest BCUT2D eigenvalue weighted by atomic mass is 16.4. The van der Waals surface area contributed by atoms with Crippen molar-refractivity contribution < 1.29 is 19.5 Å². The molecular weight excluding hydrogens is 262 g/mol. The number of carbonyl (C=O) groups is 3. The SMILES string of the molecule is CCN(CC)C(=O)C(C)N1CCNC(=O)C1CC(=O)O. The van der Waals surface area contributed by atoms with Gasteiger partial charge in [0.05, 0.1) is 12.5 Å². The van der Waals surface area contributed by atoms with Gasteiger partial charge in [-0.05, 0) is 20.8 Å². The van der Waals surface area contributed by atoms with Crippen LogP contribution in [0.3, 0.4) is 0 Å². The van der Waals surface area contributed by atoms with E-state index in [1.54, 1.807) is 16.7 Å². The predicted octanol–water partition coefficient (Wildman–Crippen LogP) is -0.482. The lowest BCUT2D eigenvalue weighted by atomic mass is 10.1. The van der Waals surface area contributed by atoms with Gasteiger partial charge < -0.3 is 15.3 Å². The Labute approximate surface area is 118 Å². The lowest BCUT2D eigenvalue weighted by Gasteiger charge is -2.39. The minimum Gasteiger partial charge on any atom is -0.481 e. The third kappa shape index (κ3) is 3.69. The Bertz CT molecular complexity index is 382. The molecule has 7 heteroatoms. The fraction of sp³-hybridized carbons (Fsp3) is 0.769. The molecule has 2 atom stereocenters. The number of hydrogen-bond acceptors (Lipinski definition) is 4. The number of hydrogen-bond donors (Lipinski definition) is 2. The van der Waals surface area contributed by atoms with Crippen LogP contribution < -0.4 is 5.32 Å². The quantitative estimate of drug-likeness (QED) is 0.688. The molecule has 1 aliphatic heterocycles. The van der Waals surface area contributed by atoms with Gasteiger partial charge in [0.15, 0.2) is 0 Å². The maximum atomic E-state index is 12.3. The second-order valence-electron chi connectivity index (χ2n) is 4.83. The standard InChI is InChI=1S/C13H23N3O4/c1-4-15(5-2)13(20)9(3)16-7-6-14-12(19)10(16)8-11(17)18/h9-10H,4-8H2,1-3H3,(H,14,19)(H,17,18). The molecule has 20 heavy (non-hydrogen) atoms. The van der Waals surface area contributed by atoms with Crippen molar-refractivity contribution in [3.05, 3.63) is 0 Å². The molecule has 2 unspecified atom stereocenters. The summed E-state index contributed by atoms with van der Waals surface area (Å²) in [5.74, 6) is -1.43. The van der Waals surface area contributed by atoms with Crippen LogP contribution >= 0.6 is 0 Å². The number of likely N-dealkylation sites (N-methyl/N-ethyl adjacent to an activating group) is 1. The molecule has 0 radical (unpaired) electrons. The molecular formula is C13H23N3O4. The molecule has 2 amide bonds. The van der Waals surface area contributed by atoms with E-state index < -0.39 is 18.1 Å². The van der Waals surface area contributed by atoms with Crippen LogP contribution in [0, 0.1) is 0 Å². The molecule has 1 heterocycles. The van der Waals surface area contributed by atoms with Gasteiger partial charge in [0.2, 0.25) is 11.8 Å². The monoisotopic (exact) mass is 285 g/mol. The molecule has 7 nitrogen and oxygen atoms in total. The highest BCUT2D eigenvalue weighted by molar-refractivity contribution is 5.88. The zero-order chi connectivity index (χ0) is 15.3. The first kappa shape index (κ1) is 16.4. The van der Waals surface area contributed by atoms with E-state index in [-0.39, 0.29) is 18.2 Å². The van der Waals surface area contributed by atoms with Gasteiger partial charge >= 0.3 is 5.97 Å². The van der Waals surface area contributed by atoms with E-state index in [2.05, 4.69) is 5.32 Å². The van der Waals surface area contributed by atoms with Crippen LogP contribution in [0.1, 0.15) is 27.2 Å². The van der Waals surface area contributed by atoms with Crippen LogP contribution in [0.5, 0.6) is 0 Å². The van der Waals surface area contributed by atoms with Crippen molar-refractivity contribution in [1.29, 1.82) is 0 Å². The molecule has 0 aromatic heterocycles. The topological polar surface area (TPSA) is 90.0 Å². The zero-order valence-corrected chi connectivity index (χ0v) is 12.3. The Morgan fingerprint density at radius 2 is 2.05 bits per heavy atom. The van der Waals surface area contributed by atoms with Gasteiger partial charge in [-0.25, -0.2) is 0 Å². The zero-order valence-electron chi connectivity index (χ0n) is 12.3. The molecule has 1 aliphatic rings. The summed E-state index contributed by atoms with van der Waals surface area (Å²) in [6.45, 7) is 7.64. The number of carboxylic acids is 1. The highest BCUT2D eigenvalue weighted by Crippen LogP contribution is 2.15. The van der Waals surface area contributed by atoms with Gasteiger partial charge in [0.1, 0.15) is 6.04 Å². The molecule has 1 saturated heterocycles. The number of amides is 2. The minimum atomic E-state index is -1.04. The van der Waals surface area contributed by atoms with E-state index in [1.807, 2.05) is 13.8 Å². The van der Waals surface area contributed by atoms with Gasteiger partial charge in [-0.3, -0.25) is 19.3 Å². The van der Waals surface area contributed by atoms with Crippen LogP contribution in [0.15, 0.2) is 0 Å². The number of piperazine rings is 1. The highest BCUT2D eigenvalue weighted by Gasteiger charge is 2.37. The minimum absolute atomic E-state index is 0.0694. The fourth-order valence-corrected chi connectivity index (χ4v) is 2.51. The predicted molar refractivity (Wildman–Crippen MR) is 73.1 cm³/mol. The van der Waals surface area contributed by atoms with Gasteiger partial charge in [-0.15, -0.1) is 0 Å². The van der Waals surface area contributed by atoms with Crippen LogP contribution in [0.2, 0.25) is 0 Å². The normalized spacial score (nSPS) is 21.1.